The van der Waals surface area contributed by atoms with Crippen LogP contribution in [0.5, 0.6) is 0 Å². The Kier molecular flexibility index (Phi) is 3.46. The fourth-order valence-corrected chi connectivity index (χ4v) is 2.47. The molecule has 0 unspecified atom stereocenters. The van der Waals surface area contributed by atoms with E-state index >= 15 is 0 Å². The summed E-state index contributed by atoms with van der Waals surface area (Å²) in [5.41, 5.74) is 3.57. The molecule has 3 amide bonds. The van der Waals surface area contributed by atoms with Crippen molar-refractivity contribution in [2.24, 2.45) is 0 Å². The Balaban J connectivity index is 2.38. The van der Waals surface area contributed by atoms with Crippen molar-refractivity contribution in [3.8, 4) is 0 Å². The number of amides is 3. The van der Waals surface area contributed by atoms with Crippen LogP contribution in [0.15, 0.2) is 11.8 Å². The van der Waals surface area contributed by atoms with Gasteiger partial charge in [-0.2, -0.15) is 0 Å². The highest BCUT2D eigenvalue weighted by Crippen LogP contribution is 2.20. The molecular weight excluding hydrogens is 242 g/mol. The van der Waals surface area contributed by atoms with E-state index in [2.05, 4.69) is 16.8 Å². The monoisotopic (exact) mass is 261 g/mol. The van der Waals surface area contributed by atoms with E-state index < -0.39 is 0 Å². The molecule has 2 rings (SSSR count). The van der Waals surface area contributed by atoms with Gasteiger partial charge in [-0.25, -0.2) is 4.79 Å². The third kappa shape index (κ3) is 2.16. The number of imide groups is 1. The zero-order chi connectivity index (χ0) is 14.2. The number of hydrogen-bond acceptors (Lipinski definition) is 2. The lowest BCUT2D eigenvalue weighted by molar-refractivity contribution is -0.122. The topological polar surface area (TPSA) is 54.3 Å². The van der Waals surface area contributed by atoms with Crippen LogP contribution in [0.3, 0.4) is 0 Å². The third-order valence-corrected chi connectivity index (χ3v) is 3.51. The zero-order valence-corrected chi connectivity index (χ0v) is 11.8. The molecule has 1 aliphatic rings. The second-order valence-electron chi connectivity index (χ2n) is 4.61. The van der Waals surface area contributed by atoms with Gasteiger partial charge in [0.1, 0.15) is 5.70 Å². The molecule has 1 aliphatic heterocycles. The minimum atomic E-state index is -0.344. The SMILES string of the molecule is CCN1C(=O)N/C(=C/c2cc(C)n(CC)c2C)C1=O. The van der Waals surface area contributed by atoms with Gasteiger partial charge in [0.05, 0.1) is 0 Å². The van der Waals surface area contributed by atoms with E-state index in [1.807, 2.05) is 19.9 Å². The number of urea groups is 1. The molecule has 0 bridgehead atoms. The van der Waals surface area contributed by atoms with E-state index in [0.717, 1.165) is 23.5 Å². The van der Waals surface area contributed by atoms with Crippen LogP contribution in [0, 0.1) is 13.8 Å². The lowest BCUT2D eigenvalue weighted by Crippen LogP contribution is -2.30. The van der Waals surface area contributed by atoms with E-state index in [4.69, 9.17) is 0 Å². The van der Waals surface area contributed by atoms with Gasteiger partial charge in [0.25, 0.3) is 5.91 Å². The summed E-state index contributed by atoms with van der Waals surface area (Å²) in [7, 11) is 0. The van der Waals surface area contributed by atoms with Crippen LogP contribution in [0.4, 0.5) is 4.79 Å². The first-order chi connectivity index (χ1) is 8.99. The molecule has 1 N–H and O–H groups in total. The Hall–Kier alpha value is -2.04. The number of carbonyl (C=O) groups excluding carboxylic acids is 2. The summed E-state index contributed by atoms with van der Waals surface area (Å²) in [4.78, 5) is 24.8. The standard InChI is InChI=1S/C14H19N3O2/c1-5-16-9(3)7-11(10(16)4)8-12-13(18)17(6-2)14(19)15-12/h7-8H,5-6H2,1-4H3,(H,15,19)/b12-8+. The van der Waals surface area contributed by atoms with Gasteiger partial charge < -0.3 is 9.88 Å². The van der Waals surface area contributed by atoms with Crippen LogP contribution >= 0.6 is 0 Å². The molecule has 0 aromatic carbocycles. The van der Waals surface area contributed by atoms with Gasteiger partial charge in [-0.1, -0.05) is 0 Å². The van der Waals surface area contributed by atoms with Crippen molar-refractivity contribution >= 4 is 18.0 Å². The predicted octanol–water partition coefficient (Wildman–Crippen LogP) is 2.04. The van der Waals surface area contributed by atoms with E-state index in [9.17, 15) is 9.59 Å². The molecule has 1 saturated heterocycles. The Morgan fingerprint density at radius 3 is 2.37 bits per heavy atom. The van der Waals surface area contributed by atoms with Crippen molar-refractivity contribution < 1.29 is 9.59 Å². The highest BCUT2D eigenvalue weighted by atomic mass is 16.2. The van der Waals surface area contributed by atoms with Gasteiger partial charge in [0.15, 0.2) is 0 Å². The van der Waals surface area contributed by atoms with Crippen LogP contribution in [-0.2, 0) is 11.3 Å². The fourth-order valence-electron chi connectivity index (χ4n) is 2.47. The minimum Gasteiger partial charge on any atom is -0.349 e. The minimum absolute atomic E-state index is 0.256. The molecule has 0 aliphatic carbocycles. The molecule has 2 heterocycles. The van der Waals surface area contributed by atoms with Crippen molar-refractivity contribution in [1.82, 2.24) is 14.8 Å². The summed E-state index contributed by atoms with van der Waals surface area (Å²) in [5.74, 6) is -0.256. The highest BCUT2D eigenvalue weighted by Gasteiger charge is 2.32. The Bertz CT molecular complexity index is 569. The number of aromatic nitrogens is 1. The molecule has 0 spiro atoms. The van der Waals surface area contributed by atoms with Gasteiger partial charge in [-0.05, 0) is 45.4 Å². The summed E-state index contributed by atoms with van der Waals surface area (Å²) >= 11 is 0. The molecule has 1 aromatic heterocycles. The lowest BCUT2D eigenvalue weighted by atomic mass is 10.2. The van der Waals surface area contributed by atoms with Crippen LogP contribution in [0.25, 0.3) is 6.08 Å². The molecule has 0 radical (unpaired) electrons. The molecule has 1 fully saturated rings. The number of aryl methyl sites for hydroxylation is 1. The van der Waals surface area contributed by atoms with Crippen molar-refractivity contribution in [3.05, 3.63) is 28.7 Å². The first-order valence-electron chi connectivity index (χ1n) is 6.50. The maximum absolute atomic E-state index is 12.0. The van der Waals surface area contributed by atoms with Crippen molar-refractivity contribution in [2.75, 3.05) is 6.54 Å². The van der Waals surface area contributed by atoms with E-state index in [0.29, 0.717) is 12.2 Å². The Morgan fingerprint density at radius 2 is 1.89 bits per heavy atom. The summed E-state index contributed by atoms with van der Waals surface area (Å²) in [6.45, 7) is 9.19. The Morgan fingerprint density at radius 1 is 1.21 bits per heavy atom. The van der Waals surface area contributed by atoms with Crippen molar-refractivity contribution in [1.29, 1.82) is 0 Å². The van der Waals surface area contributed by atoms with Gasteiger partial charge in [0, 0.05) is 24.5 Å². The number of rotatable bonds is 3. The lowest BCUT2D eigenvalue weighted by Gasteiger charge is -2.06. The molecule has 19 heavy (non-hydrogen) atoms. The zero-order valence-electron chi connectivity index (χ0n) is 11.8. The van der Waals surface area contributed by atoms with Crippen LogP contribution < -0.4 is 5.32 Å². The summed E-state index contributed by atoms with van der Waals surface area (Å²) in [6, 6.07) is 1.68. The summed E-state index contributed by atoms with van der Waals surface area (Å²) in [5, 5.41) is 2.62. The quantitative estimate of drug-likeness (QED) is 0.668. The average Bonchev–Trinajstić information content (AvgIpc) is 2.78. The van der Waals surface area contributed by atoms with Gasteiger partial charge in [-0.3, -0.25) is 9.69 Å². The van der Waals surface area contributed by atoms with E-state index in [-0.39, 0.29) is 11.9 Å². The number of likely N-dealkylation sites (N-methyl/N-ethyl adjacent to an activating group) is 1. The largest absolute Gasteiger partial charge is 0.349 e. The third-order valence-electron chi connectivity index (χ3n) is 3.51. The maximum Gasteiger partial charge on any atom is 0.328 e. The number of nitrogens with zero attached hydrogens (tertiary/aromatic N) is 2. The van der Waals surface area contributed by atoms with Crippen LogP contribution in [0.2, 0.25) is 0 Å². The van der Waals surface area contributed by atoms with Crippen LogP contribution in [0.1, 0.15) is 30.8 Å². The summed E-state index contributed by atoms with van der Waals surface area (Å²) in [6.07, 6.45) is 1.75. The van der Waals surface area contributed by atoms with Crippen LogP contribution in [-0.4, -0.2) is 28.0 Å². The van der Waals surface area contributed by atoms with Crippen molar-refractivity contribution in [2.45, 2.75) is 34.2 Å². The smallest absolute Gasteiger partial charge is 0.328 e. The van der Waals surface area contributed by atoms with Crippen molar-refractivity contribution in [3.63, 3.8) is 0 Å². The molecular formula is C14H19N3O2. The molecule has 102 valence electrons. The van der Waals surface area contributed by atoms with E-state index in [1.54, 1.807) is 13.0 Å². The predicted molar refractivity (Wildman–Crippen MR) is 73.5 cm³/mol. The molecule has 5 heteroatoms. The second kappa shape index (κ2) is 4.91. The Labute approximate surface area is 112 Å². The fraction of sp³-hybridized carbons (Fsp3) is 0.429. The van der Waals surface area contributed by atoms with E-state index in [1.165, 1.54) is 4.90 Å². The molecule has 0 saturated carbocycles. The van der Waals surface area contributed by atoms with Gasteiger partial charge >= 0.3 is 6.03 Å². The summed E-state index contributed by atoms with van der Waals surface area (Å²) < 4.78 is 2.17. The number of nitrogens with one attached hydrogen (secondary N) is 1. The first-order valence-corrected chi connectivity index (χ1v) is 6.50. The maximum atomic E-state index is 12.0. The van der Waals surface area contributed by atoms with Gasteiger partial charge in [-0.15, -0.1) is 0 Å². The number of carbonyl (C=O) groups is 2. The molecule has 1 aromatic rings. The normalized spacial score (nSPS) is 17.5. The number of hydrogen-bond donors (Lipinski definition) is 1. The second-order valence-corrected chi connectivity index (χ2v) is 4.61. The highest BCUT2D eigenvalue weighted by molar-refractivity contribution is 6.13. The molecule has 5 nitrogen and oxygen atoms in total. The average molecular weight is 261 g/mol. The molecule has 0 atom stereocenters. The van der Waals surface area contributed by atoms with Gasteiger partial charge in [0.2, 0.25) is 0 Å². The first kappa shape index (κ1) is 13.4.